The Hall–Kier alpha value is -2.92. The molecular formula is C31H40Cl2N4O2S. The fraction of sp³-hybridized carbons (Fsp3) is 0.387. The number of aryl methyl sites for hydroxylation is 2. The molecule has 216 valence electrons. The van der Waals surface area contributed by atoms with Crippen molar-refractivity contribution in [1.82, 2.24) is 4.72 Å². The van der Waals surface area contributed by atoms with E-state index in [1.54, 1.807) is 6.21 Å². The first-order chi connectivity index (χ1) is 19.4. The van der Waals surface area contributed by atoms with Gasteiger partial charge in [0.1, 0.15) is 30.9 Å². The van der Waals surface area contributed by atoms with Crippen LogP contribution in [-0.4, -0.2) is 37.4 Å². The fourth-order valence-corrected chi connectivity index (χ4v) is 4.17. The van der Waals surface area contributed by atoms with Crippen molar-refractivity contribution in [1.29, 1.82) is 5.26 Å². The van der Waals surface area contributed by atoms with Gasteiger partial charge in [-0.3, -0.25) is 0 Å². The molecule has 2 aromatic carbocycles. The number of allylic oxidation sites excluding steroid dienone is 2. The van der Waals surface area contributed by atoms with Crippen LogP contribution in [0.4, 0.5) is 0 Å². The van der Waals surface area contributed by atoms with Gasteiger partial charge in [-0.25, -0.2) is 9.98 Å². The number of hydrogen-bond acceptors (Lipinski definition) is 6. The van der Waals surface area contributed by atoms with Crippen LogP contribution >= 0.6 is 35.1 Å². The second-order valence-corrected chi connectivity index (χ2v) is 9.78. The number of halogens is 2. The molecule has 0 aliphatic rings. The average Bonchev–Trinajstić information content (AvgIpc) is 2.93. The van der Waals surface area contributed by atoms with E-state index >= 15 is 0 Å². The largest absolute Gasteiger partial charge is 0.489 e. The predicted molar refractivity (Wildman–Crippen MR) is 174 cm³/mol. The van der Waals surface area contributed by atoms with Crippen LogP contribution in [0.2, 0.25) is 5.02 Å². The lowest BCUT2D eigenvalue weighted by Gasteiger charge is -2.10. The Balaban J connectivity index is 0.000000433. The molecule has 1 N–H and O–H groups in total. The maximum atomic E-state index is 9.01. The number of ether oxygens (including phenoxy) is 2. The molecule has 0 bridgehead atoms. The number of nitrogens with one attached hydrogen (secondary N) is 1. The van der Waals surface area contributed by atoms with E-state index in [9.17, 15) is 0 Å². The van der Waals surface area contributed by atoms with Crippen molar-refractivity contribution in [2.45, 2.75) is 53.9 Å². The first kappa shape index (κ1) is 35.1. The van der Waals surface area contributed by atoms with E-state index < -0.39 is 0 Å². The van der Waals surface area contributed by atoms with Gasteiger partial charge in [0, 0.05) is 12.5 Å². The second-order valence-electron chi connectivity index (χ2n) is 8.38. The lowest BCUT2D eigenvalue weighted by molar-refractivity contribution is 0.342. The van der Waals surface area contributed by atoms with Crippen molar-refractivity contribution >= 4 is 53.3 Å². The van der Waals surface area contributed by atoms with Gasteiger partial charge in [-0.1, -0.05) is 62.0 Å². The van der Waals surface area contributed by atoms with Gasteiger partial charge < -0.3 is 14.2 Å². The van der Waals surface area contributed by atoms with Gasteiger partial charge in [-0.05, 0) is 80.6 Å². The monoisotopic (exact) mass is 602 g/mol. The molecule has 2 rings (SSSR count). The Morgan fingerprint density at radius 3 is 2.55 bits per heavy atom. The third kappa shape index (κ3) is 13.0. The number of aliphatic imine (C=N–C) groups is 2. The van der Waals surface area contributed by atoms with E-state index in [0.717, 1.165) is 42.0 Å². The van der Waals surface area contributed by atoms with Crippen LogP contribution in [0.25, 0.3) is 6.08 Å². The maximum absolute atomic E-state index is 9.01. The number of benzene rings is 2. The van der Waals surface area contributed by atoms with Crippen LogP contribution in [0, 0.1) is 18.3 Å². The molecule has 0 radical (unpaired) electrons. The van der Waals surface area contributed by atoms with Crippen LogP contribution in [0.1, 0.15) is 62.8 Å². The second kappa shape index (κ2) is 20.9. The minimum absolute atomic E-state index is 0.319. The molecule has 6 nitrogen and oxygen atoms in total. The molecule has 0 saturated carbocycles. The number of amidine groups is 1. The third-order valence-corrected chi connectivity index (χ3v) is 6.03. The van der Waals surface area contributed by atoms with Gasteiger partial charge >= 0.3 is 0 Å². The Bertz CT molecular complexity index is 1220. The highest BCUT2D eigenvalue weighted by molar-refractivity contribution is 7.96. The highest BCUT2D eigenvalue weighted by Gasteiger charge is 2.10. The molecule has 0 amide bonds. The normalized spacial score (nSPS) is 11.8. The number of alkyl halides is 1. The van der Waals surface area contributed by atoms with E-state index in [1.807, 2.05) is 56.5 Å². The Morgan fingerprint density at radius 1 is 1.18 bits per heavy atom. The van der Waals surface area contributed by atoms with Crippen LogP contribution in [0.15, 0.2) is 58.3 Å². The number of nitrogens with zero attached hydrogens (tertiary/aromatic N) is 3. The first-order valence-corrected chi connectivity index (χ1v) is 15.3. The zero-order valence-electron chi connectivity index (χ0n) is 24.3. The van der Waals surface area contributed by atoms with Gasteiger partial charge in [0.15, 0.2) is 11.6 Å². The average molecular weight is 604 g/mol. The predicted octanol–water partition coefficient (Wildman–Crippen LogP) is 8.80. The van der Waals surface area contributed by atoms with Crippen molar-refractivity contribution in [2.75, 3.05) is 25.3 Å². The molecule has 0 aliphatic carbocycles. The van der Waals surface area contributed by atoms with E-state index in [-0.39, 0.29) is 0 Å². The Morgan fingerprint density at radius 2 is 1.95 bits per heavy atom. The molecule has 0 aliphatic heterocycles. The van der Waals surface area contributed by atoms with Gasteiger partial charge in [-0.15, -0.1) is 11.6 Å². The summed E-state index contributed by atoms with van der Waals surface area (Å²) in [4.78, 5) is 8.86. The van der Waals surface area contributed by atoms with Gasteiger partial charge in [0.2, 0.25) is 0 Å². The summed E-state index contributed by atoms with van der Waals surface area (Å²) in [5, 5.41) is 9.49. The quantitative estimate of drug-likeness (QED) is 0.107. The summed E-state index contributed by atoms with van der Waals surface area (Å²) in [5.74, 6) is 3.05. The number of rotatable bonds is 13. The molecule has 0 spiro atoms. The lowest BCUT2D eigenvalue weighted by Crippen LogP contribution is -2.12. The van der Waals surface area contributed by atoms with E-state index in [2.05, 4.69) is 53.7 Å². The summed E-state index contributed by atoms with van der Waals surface area (Å²) >= 11 is 13.1. The topological polar surface area (TPSA) is 79.0 Å². The standard InChI is InChI=1S/C19H27N3OS.C12H13Cl2NO/c1-6-9-16-13-17(12-11-15(16)4)23-14-19(20-8-3)21-18(10-7-2)22-24-5;1-2-3-9-6-10(8-15)12(11(14)7-9)16-5-4-13/h6,8-13,22H,7,14H2,1-5H3;6-7H,2-5H2,1H3/b9-6-,18-10-,20-8?,21-19-;. The Labute approximate surface area is 254 Å². The molecule has 0 unspecified atom stereocenters. The lowest BCUT2D eigenvalue weighted by atomic mass is 10.1. The van der Waals surface area contributed by atoms with Gasteiger partial charge in [0.25, 0.3) is 0 Å². The van der Waals surface area contributed by atoms with Crippen LogP contribution in [0.3, 0.4) is 0 Å². The summed E-state index contributed by atoms with van der Waals surface area (Å²) in [5.41, 5.74) is 3.91. The van der Waals surface area contributed by atoms with Crippen LogP contribution < -0.4 is 14.2 Å². The molecule has 9 heteroatoms. The molecule has 2 aromatic rings. The highest BCUT2D eigenvalue weighted by Crippen LogP contribution is 2.30. The number of hydrogen-bond donors (Lipinski definition) is 1. The summed E-state index contributed by atoms with van der Waals surface area (Å²) in [6, 6.07) is 11.8. The number of nitriles is 1. The zero-order valence-corrected chi connectivity index (χ0v) is 26.6. The molecule has 0 heterocycles. The molecule has 0 aromatic heterocycles. The summed E-state index contributed by atoms with van der Waals surface area (Å²) in [6.45, 7) is 10.8. The van der Waals surface area contributed by atoms with Crippen molar-refractivity contribution in [3.63, 3.8) is 0 Å². The summed E-state index contributed by atoms with van der Waals surface area (Å²) in [6.07, 6.45) is 12.6. The summed E-state index contributed by atoms with van der Waals surface area (Å²) in [7, 11) is 0. The van der Waals surface area contributed by atoms with Gasteiger partial charge in [0.05, 0.1) is 16.5 Å². The SMILES string of the molecule is CC=N/C(COc1ccc(C)c(/C=C\C)c1)=N\C(=C\CC)NSC.CCCc1cc(Cl)c(OCCCl)c(C#N)c1. The minimum Gasteiger partial charge on any atom is -0.489 e. The van der Waals surface area contributed by atoms with Crippen molar-refractivity contribution in [2.24, 2.45) is 9.98 Å². The molecule has 0 saturated heterocycles. The fourth-order valence-electron chi connectivity index (χ4n) is 3.46. The zero-order chi connectivity index (χ0) is 29.8. The van der Waals surface area contributed by atoms with E-state index in [4.69, 9.17) is 37.9 Å². The van der Waals surface area contributed by atoms with E-state index in [1.165, 1.54) is 17.5 Å². The summed E-state index contributed by atoms with van der Waals surface area (Å²) < 4.78 is 14.4. The molecular weight excluding hydrogens is 563 g/mol. The third-order valence-electron chi connectivity index (χ3n) is 5.18. The highest BCUT2D eigenvalue weighted by atomic mass is 35.5. The van der Waals surface area contributed by atoms with Crippen molar-refractivity contribution < 1.29 is 9.47 Å². The Kier molecular flexibility index (Phi) is 18.4. The van der Waals surface area contributed by atoms with Crippen LogP contribution in [0.5, 0.6) is 11.5 Å². The van der Waals surface area contributed by atoms with Crippen molar-refractivity contribution in [3.8, 4) is 17.6 Å². The smallest absolute Gasteiger partial charge is 0.167 e. The van der Waals surface area contributed by atoms with E-state index in [0.29, 0.717) is 41.3 Å². The molecule has 40 heavy (non-hydrogen) atoms. The molecule has 0 atom stereocenters. The van der Waals surface area contributed by atoms with Gasteiger partial charge in [-0.2, -0.15) is 5.26 Å². The first-order valence-electron chi connectivity index (χ1n) is 13.2. The minimum atomic E-state index is 0.319. The maximum Gasteiger partial charge on any atom is 0.167 e. The van der Waals surface area contributed by atoms with Crippen molar-refractivity contribution in [3.05, 3.63) is 75.6 Å². The molecule has 0 fully saturated rings. The van der Waals surface area contributed by atoms with Crippen LogP contribution in [-0.2, 0) is 6.42 Å².